The first-order valence-electron chi connectivity index (χ1n) is 15.5. The molecule has 9 heteroatoms. The first kappa shape index (κ1) is 30.3. The highest BCUT2D eigenvalue weighted by atomic mass is 16.2. The van der Waals surface area contributed by atoms with Crippen molar-refractivity contribution in [2.75, 3.05) is 31.1 Å². The molecule has 1 saturated heterocycles. The number of allylic oxidation sites excluding steroid dienone is 3. The standard InChI is InChI=1S/C33H48N6O3/c1-20-17-27(35-21(2)28(20)22(3)40)37-15-16-39(33(6,7)19-37)31(42)25-13-14-26-29(36-25)32(4,5)18-38(26)24-10-8-9-23(11-12-24)30(34)41/h13-14,17,23-24,27,35H,8-12,15-16,18-19H2,1-7H3,(H2,34,41). The Bertz CT molecular complexity index is 1340. The molecular formula is C33H48N6O3. The number of nitrogens with zero attached hydrogens (tertiary/aromatic N) is 4. The summed E-state index contributed by atoms with van der Waals surface area (Å²) in [7, 11) is 0. The number of ketones is 1. The second-order valence-electron chi connectivity index (χ2n) is 14.1. The monoisotopic (exact) mass is 576 g/mol. The summed E-state index contributed by atoms with van der Waals surface area (Å²) in [5, 5.41) is 3.51. The molecule has 1 aromatic rings. The Balaban J connectivity index is 1.31. The van der Waals surface area contributed by atoms with Crippen molar-refractivity contribution in [2.24, 2.45) is 11.7 Å². The Morgan fingerprint density at radius 1 is 1.00 bits per heavy atom. The third kappa shape index (κ3) is 5.60. The fourth-order valence-corrected chi connectivity index (χ4v) is 7.73. The van der Waals surface area contributed by atoms with Gasteiger partial charge >= 0.3 is 0 Å². The van der Waals surface area contributed by atoms with Gasteiger partial charge in [0.25, 0.3) is 5.91 Å². The van der Waals surface area contributed by atoms with E-state index in [2.05, 4.69) is 55.0 Å². The number of anilines is 1. The van der Waals surface area contributed by atoms with Gasteiger partial charge in [-0.3, -0.25) is 19.3 Å². The number of nitrogens with two attached hydrogens (primary N) is 1. The number of primary amides is 1. The molecule has 1 saturated carbocycles. The van der Waals surface area contributed by atoms with Crippen LogP contribution in [0.5, 0.6) is 0 Å². The molecule has 3 atom stereocenters. The van der Waals surface area contributed by atoms with Crippen LogP contribution in [0.1, 0.15) is 96.8 Å². The van der Waals surface area contributed by atoms with E-state index in [1.54, 1.807) is 6.92 Å². The fraction of sp³-hybridized carbons (Fsp3) is 0.636. The zero-order valence-corrected chi connectivity index (χ0v) is 26.4. The number of hydrogen-bond acceptors (Lipinski definition) is 7. The van der Waals surface area contributed by atoms with Crippen LogP contribution in [0, 0.1) is 5.92 Å². The van der Waals surface area contributed by atoms with Crippen LogP contribution in [0.25, 0.3) is 0 Å². The van der Waals surface area contributed by atoms with Crippen molar-refractivity contribution in [3.05, 3.63) is 46.4 Å². The van der Waals surface area contributed by atoms with Crippen molar-refractivity contribution < 1.29 is 14.4 Å². The van der Waals surface area contributed by atoms with E-state index in [9.17, 15) is 14.4 Å². The molecule has 2 fully saturated rings. The molecule has 3 aliphatic heterocycles. The number of nitrogens with one attached hydrogen (secondary N) is 1. The Hall–Kier alpha value is -3.20. The average molecular weight is 577 g/mol. The zero-order chi connectivity index (χ0) is 30.6. The minimum Gasteiger partial charge on any atom is -0.369 e. The molecule has 4 heterocycles. The third-order valence-electron chi connectivity index (χ3n) is 9.85. The predicted molar refractivity (Wildman–Crippen MR) is 165 cm³/mol. The first-order valence-corrected chi connectivity index (χ1v) is 15.5. The van der Waals surface area contributed by atoms with Gasteiger partial charge in [-0.25, -0.2) is 4.98 Å². The van der Waals surface area contributed by atoms with Crippen LogP contribution in [0.2, 0.25) is 0 Å². The lowest BCUT2D eigenvalue weighted by Gasteiger charge is -2.49. The summed E-state index contributed by atoms with van der Waals surface area (Å²) < 4.78 is 0. The van der Waals surface area contributed by atoms with Crippen LogP contribution >= 0.6 is 0 Å². The summed E-state index contributed by atoms with van der Waals surface area (Å²) in [5.41, 5.74) is 10.3. The first-order chi connectivity index (χ1) is 19.7. The highest BCUT2D eigenvalue weighted by molar-refractivity contribution is 5.98. The molecule has 0 spiro atoms. The number of piperazine rings is 1. The number of carbonyl (C=O) groups excluding carboxylic acids is 3. The number of carbonyl (C=O) groups is 3. The van der Waals surface area contributed by atoms with Gasteiger partial charge in [-0.2, -0.15) is 0 Å². The van der Waals surface area contributed by atoms with E-state index in [-0.39, 0.29) is 35.1 Å². The lowest BCUT2D eigenvalue weighted by Crippen LogP contribution is -2.64. The molecular weight excluding hydrogens is 528 g/mol. The maximum absolute atomic E-state index is 14.0. The Labute approximate surface area is 250 Å². The van der Waals surface area contributed by atoms with E-state index < -0.39 is 5.54 Å². The molecule has 4 aliphatic rings. The summed E-state index contributed by atoms with van der Waals surface area (Å²) in [6.07, 6.45) is 6.78. The smallest absolute Gasteiger partial charge is 0.272 e. The topological polar surface area (TPSA) is 112 Å². The highest BCUT2D eigenvalue weighted by Gasteiger charge is 2.43. The molecule has 0 bridgehead atoms. The molecule has 0 aromatic carbocycles. The molecule has 9 nitrogen and oxygen atoms in total. The number of Topliss-reactive ketones (excluding diaryl/α,β-unsaturated/α-hetero) is 1. The van der Waals surface area contributed by atoms with Gasteiger partial charge < -0.3 is 20.9 Å². The van der Waals surface area contributed by atoms with Crippen LogP contribution in [0.4, 0.5) is 5.69 Å². The summed E-state index contributed by atoms with van der Waals surface area (Å²) in [6, 6.07) is 4.33. The second-order valence-corrected chi connectivity index (χ2v) is 14.1. The van der Waals surface area contributed by atoms with Crippen molar-refractivity contribution in [1.82, 2.24) is 20.1 Å². The van der Waals surface area contributed by atoms with Gasteiger partial charge in [0.1, 0.15) is 5.69 Å². The van der Waals surface area contributed by atoms with Crippen LogP contribution in [0.3, 0.4) is 0 Å². The van der Waals surface area contributed by atoms with Crippen molar-refractivity contribution in [3.8, 4) is 0 Å². The zero-order valence-electron chi connectivity index (χ0n) is 26.4. The molecule has 1 aliphatic carbocycles. The minimum absolute atomic E-state index is 0.0169. The number of fused-ring (bicyclic) bond motifs is 1. The maximum Gasteiger partial charge on any atom is 0.272 e. The molecule has 42 heavy (non-hydrogen) atoms. The quantitative estimate of drug-likeness (QED) is 0.512. The van der Waals surface area contributed by atoms with Gasteiger partial charge in [0.05, 0.1) is 23.1 Å². The van der Waals surface area contributed by atoms with Crippen molar-refractivity contribution in [3.63, 3.8) is 0 Å². The summed E-state index contributed by atoms with van der Waals surface area (Å²) in [4.78, 5) is 49.7. The van der Waals surface area contributed by atoms with E-state index in [0.717, 1.165) is 73.4 Å². The molecule has 228 valence electrons. The van der Waals surface area contributed by atoms with E-state index in [0.29, 0.717) is 24.8 Å². The van der Waals surface area contributed by atoms with Crippen molar-refractivity contribution in [2.45, 2.75) is 104 Å². The lowest BCUT2D eigenvalue weighted by molar-refractivity contribution is -0.122. The fourth-order valence-electron chi connectivity index (χ4n) is 7.73. The third-order valence-corrected chi connectivity index (χ3v) is 9.85. The number of amides is 2. The number of hydrogen-bond donors (Lipinski definition) is 2. The Morgan fingerprint density at radius 2 is 1.74 bits per heavy atom. The second kappa shape index (κ2) is 11.1. The largest absolute Gasteiger partial charge is 0.369 e. The predicted octanol–water partition coefficient (Wildman–Crippen LogP) is 3.89. The number of dihydropyridines is 1. The number of pyridine rings is 1. The van der Waals surface area contributed by atoms with E-state index in [1.165, 1.54) is 0 Å². The van der Waals surface area contributed by atoms with Crippen molar-refractivity contribution in [1.29, 1.82) is 0 Å². The Kier molecular flexibility index (Phi) is 8.02. The van der Waals surface area contributed by atoms with Crippen LogP contribution < -0.4 is 16.0 Å². The summed E-state index contributed by atoms with van der Waals surface area (Å²) in [6.45, 7) is 17.1. The SMILES string of the molecule is CC(=O)C1=C(C)NC(N2CCN(C(=O)c3ccc4c(n3)C(C)(C)CN4C3CCCC(C(N)=O)CC3)C(C)(C)C2)C=C1C. The highest BCUT2D eigenvalue weighted by Crippen LogP contribution is 2.43. The maximum atomic E-state index is 14.0. The lowest BCUT2D eigenvalue weighted by atomic mass is 9.91. The van der Waals surface area contributed by atoms with Gasteiger partial charge in [0.15, 0.2) is 5.78 Å². The van der Waals surface area contributed by atoms with E-state index in [4.69, 9.17) is 10.7 Å². The molecule has 3 N–H and O–H groups in total. The van der Waals surface area contributed by atoms with Gasteiger partial charge in [-0.1, -0.05) is 20.3 Å². The van der Waals surface area contributed by atoms with Crippen molar-refractivity contribution >= 4 is 23.3 Å². The molecule has 3 unspecified atom stereocenters. The Morgan fingerprint density at radius 3 is 2.38 bits per heavy atom. The number of aromatic nitrogens is 1. The average Bonchev–Trinajstić information content (AvgIpc) is 3.04. The van der Waals surface area contributed by atoms with Gasteiger partial charge in [-0.15, -0.1) is 0 Å². The van der Waals surface area contributed by atoms with E-state index in [1.807, 2.05) is 24.8 Å². The van der Waals surface area contributed by atoms with Crippen LogP contribution in [-0.2, 0) is 15.0 Å². The molecule has 5 rings (SSSR count). The van der Waals surface area contributed by atoms with Gasteiger partial charge in [0, 0.05) is 54.8 Å². The number of rotatable bonds is 5. The van der Waals surface area contributed by atoms with Crippen LogP contribution in [-0.4, -0.2) is 76.3 Å². The summed E-state index contributed by atoms with van der Waals surface area (Å²) in [5.74, 6) is -0.169. The van der Waals surface area contributed by atoms with Gasteiger partial charge in [0.2, 0.25) is 5.91 Å². The molecule has 1 aromatic heterocycles. The minimum atomic E-state index is -0.406. The van der Waals surface area contributed by atoms with E-state index >= 15 is 0 Å². The normalized spacial score (nSPS) is 27.6. The molecule has 2 amide bonds. The van der Waals surface area contributed by atoms with Crippen LogP contribution in [0.15, 0.2) is 35.1 Å². The van der Waals surface area contributed by atoms with Gasteiger partial charge in [-0.05, 0) is 84.1 Å². The summed E-state index contributed by atoms with van der Waals surface area (Å²) >= 11 is 0. The molecule has 0 radical (unpaired) electrons.